The zero-order chi connectivity index (χ0) is 18.5. The van der Waals surface area contributed by atoms with Crippen molar-refractivity contribution < 1.29 is 4.42 Å². The summed E-state index contributed by atoms with van der Waals surface area (Å²) < 4.78 is 7.98. The van der Waals surface area contributed by atoms with Crippen LogP contribution in [0.15, 0.2) is 95.9 Å². The summed E-state index contributed by atoms with van der Waals surface area (Å²) in [6, 6.07) is 24.7. The summed E-state index contributed by atoms with van der Waals surface area (Å²) in [7, 11) is 0. The summed E-state index contributed by atoms with van der Waals surface area (Å²) in [5.74, 6) is 0.773. The van der Waals surface area contributed by atoms with Crippen molar-refractivity contribution >= 4 is 32.8 Å². The molecule has 0 N–H and O–H groups in total. The van der Waals surface area contributed by atoms with Crippen molar-refractivity contribution in [2.75, 3.05) is 0 Å². The van der Waals surface area contributed by atoms with Crippen LogP contribution in [0.25, 0.3) is 49.9 Å². The number of furan rings is 1. The van der Waals surface area contributed by atoms with E-state index in [-0.39, 0.29) is 0 Å². The van der Waals surface area contributed by atoms with E-state index in [2.05, 4.69) is 39.9 Å². The van der Waals surface area contributed by atoms with Crippen LogP contribution in [0, 0.1) is 0 Å². The maximum Gasteiger partial charge on any atom is 0.158 e. The van der Waals surface area contributed by atoms with Crippen molar-refractivity contribution in [1.29, 1.82) is 0 Å². The SMILES string of the molecule is c1ccc(-c2cnc(-n3c4ccccc4c4ccc5ccoc5c43)cn2)cc1. The fraction of sp³-hybridized carbons (Fsp3) is 0. The molecule has 4 heteroatoms. The van der Waals surface area contributed by atoms with E-state index in [1.54, 1.807) is 6.26 Å². The highest BCUT2D eigenvalue weighted by Crippen LogP contribution is 2.36. The Kier molecular flexibility index (Phi) is 3.14. The third-order valence-corrected chi connectivity index (χ3v) is 5.19. The second kappa shape index (κ2) is 5.79. The number of hydrogen-bond acceptors (Lipinski definition) is 3. The molecule has 0 bridgehead atoms. The minimum atomic E-state index is 0.773. The molecule has 0 aliphatic carbocycles. The highest BCUT2D eigenvalue weighted by Gasteiger charge is 2.17. The van der Waals surface area contributed by atoms with Gasteiger partial charge in [-0.25, -0.2) is 4.98 Å². The van der Waals surface area contributed by atoms with E-state index in [1.807, 2.05) is 54.9 Å². The number of benzene rings is 3. The van der Waals surface area contributed by atoms with E-state index in [9.17, 15) is 0 Å². The first-order valence-corrected chi connectivity index (χ1v) is 9.17. The molecule has 6 aromatic rings. The molecule has 0 unspecified atom stereocenters. The fourth-order valence-corrected chi connectivity index (χ4v) is 3.91. The lowest BCUT2D eigenvalue weighted by atomic mass is 10.1. The Morgan fingerprint density at radius 2 is 1.57 bits per heavy atom. The topological polar surface area (TPSA) is 43.9 Å². The van der Waals surface area contributed by atoms with Gasteiger partial charge in [-0.1, -0.05) is 60.7 Å². The van der Waals surface area contributed by atoms with Crippen LogP contribution in [-0.2, 0) is 0 Å². The molecule has 0 aliphatic heterocycles. The van der Waals surface area contributed by atoms with Crippen LogP contribution in [0.3, 0.4) is 0 Å². The van der Waals surface area contributed by atoms with E-state index in [0.29, 0.717) is 0 Å². The van der Waals surface area contributed by atoms with Crippen LogP contribution in [-0.4, -0.2) is 14.5 Å². The summed E-state index contributed by atoms with van der Waals surface area (Å²) in [4.78, 5) is 9.42. The average Bonchev–Trinajstić information content (AvgIpc) is 3.37. The third kappa shape index (κ3) is 2.12. The van der Waals surface area contributed by atoms with E-state index < -0.39 is 0 Å². The van der Waals surface area contributed by atoms with Crippen molar-refractivity contribution in [3.63, 3.8) is 0 Å². The Morgan fingerprint density at radius 1 is 0.714 bits per heavy atom. The molecule has 0 saturated heterocycles. The predicted molar refractivity (Wildman–Crippen MR) is 112 cm³/mol. The Morgan fingerprint density at radius 3 is 2.43 bits per heavy atom. The van der Waals surface area contributed by atoms with Crippen LogP contribution < -0.4 is 0 Å². The molecule has 0 saturated carbocycles. The average molecular weight is 361 g/mol. The molecule has 3 aromatic carbocycles. The summed E-state index contributed by atoms with van der Waals surface area (Å²) in [5, 5.41) is 3.39. The molecule has 28 heavy (non-hydrogen) atoms. The Labute approximate surface area is 160 Å². The molecule has 6 rings (SSSR count). The summed E-state index contributed by atoms with van der Waals surface area (Å²) in [6.45, 7) is 0. The monoisotopic (exact) mass is 361 g/mol. The number of hydrogen-bond donors (Lipinski definition) is 0. The van der Waals surface area contributed by atoms with Gasteiger partial charge in [0.05, 0.1) is 35.4 Å². The first-order chi connectivity index (χ1) is 13.9. The van der Waals surface area contributed by atoms with E-state index in [0.717, 1.165) is 44.5 Å². The second-order valence-electron chi connectivity index (χ2n) is 6.78. The standard InChI is InChI=1S/C24H15N3O/c1-2-6-16(7-3-1)20-14-26-22(15-25-20)27-21-9-5-4-8-18(21)19-11-10-17-12-13-28-24(17)23(19)27/h1-15H. The molecule has 0 aliphatic rings. The molecule has 3 aromatic heterocycles. The highest BCUT2D eigenvalue weighted by atomic mass is 16.3. The fourth-order valence-electron chi connectivity index (χ4n) is 3.91. The summed E-state index contributed by atoms with van der Waals surface area (Å²) in [6.07, 6.45) is 5.39. The number of aromatic nitrogens is 3. The van der Waals surface area contributed by atoms with Gasteiger partial charge in [0.15, 0.2) is 11.4 Å². The summed E-state index contributed by atoms with van der Waals surface area (Å²) in [5.41, 5.74) is 4.88. The first-order valence-electron chi connectivity index (χ1n) is 9.17. The van der Waals surface area contributed by atoms with Crippen LogP contribution in [0.2, 0.25) is 0 Å². The van der Waals surface area contributed by atoms with Gasteiger partial charge in [-0.3, -0.25) is 9.55 Å². The molecule has 0 amide bonds. The van der Waals surface area contributed by atoms with Crippen LogP contribution >= 0.6 is 0 Å². The van der Waals surface area contributed by atoms with Gasteiger partial charge in [0, 0.05) is 21.7 Å². The van der Waals surface area contributed by atoms with E-state index in [1.165, 1.54) is 5.39 Å². The van der Waals surface area contributed by atoms with Gasteiger partial charge in [-0.2, -0.15) is 0 Å². The van der Waals surface area contributed by atoms with Crippen molar-refractivity contribution in [2.24, 2.45) is 0 Å². The first kappa shape index (κ1) is 15.2. The lowest BCUT2D eigenvalue weighted by Gasteiger charge is -2.07. The van der Waals surface area contributed by atoms with Gasteiger partial charge in [-0.05, 0) is 12.1 Å². The maximum atomic E-state index is 5.85. The lowest BCUT2D eigenvalue weighted by molar-refractivity contribution is 0.618. The number of fused-ring (bicyclic) bond motifs is 5. The highest BCUT2D eigenvalue weighted by molar-refractivity contribution is 6.16. The molecule has 0 fully saturated rings. The van der Waals surface area contributed by atoms with Crippen molar-refractivity contribution in [3.8, 4) is 17.1 Å². The third-order valence-electron chi connectivity index (χ3n) is 5.19. The second-order valence-corrected chi connectivity index (χ2v) is 6.78. The molecule has 0 spiro atoms. The predicted octanol–water partition coefficient (Wildman–Crippen LogP) is 5.99. The summed E-state index contributed by atoms with van der Waals surface area (Å²) >= 11 is 0. The smallest absolute Gasteiger partial charge is 0.158 e. The van der Waals surface area contributed by atoms with E-state index in [4.69, 9.17) is 9.40 Å². The molecular formula is C24H15N3O. The van der Waals surface area contributed by atoms with Gasteiger partial charge in [0.25, 0.3) is 0 Å². The van der Waals surface area contributed by atoms with Gasteiger partial charge >= 0.3 is 0 Å². The molecule has 3 heterocycles. The van der Waals surface area contributed by atoms with Crippen LogP contribution in [0.1, 0.15) is 0 Å². The van der Waals surface area contributed by atoms with Gasteiger partial charge < -0.3 is 4.42 Å². The van der Waals surface area contributed by atoms with Gasteiger partial charge in [-0.15, -0.1) is 0 Å². The quantitative estimate of drug-likeness (QED) is 0.381. The Balaban J connectivity index is 1.66. The zero-order valence-corrected chi connectivity index (χ0v) is 14.9. The number of rotatable bonds is 2. The van der Waals surface area contributed by atoms with Crippen LogP contribution in [0.4, 0.5) is 0 Å². The molecular weight excluding hydrogens is 346 g/mol. The Bertz CT molecular complexity index is 1440. The normalized spacial score (nSPS) is 11.6. The van der Waals surface area contributed by atoms with Crippen LogP contribution in [0.5, 0.6) is 0 Å². The van der Waals surface area contributed by atoms with Gasteiger partial charge in [0.1, 0.15) is 0 Å². The van der Waals surface area contributed by atoms with E-state index >= 15 is 0 Å². The minimum Gasteiger partial charge on any atom is -0.462 e. The van der Waals surface area contributed by atoms with Crippen molar-refractivity contribution in [1.82, 2.24) is 14.5 Å². The minimum absolute atomic E-state index is 0.773. The van der Waals surface area contributed by atoms with Crippen molar-refractivity contribution in [2.45, 2.75) is 0 Å². The molecule has 0 atom stereocenters. The molecule has 4 nitrogen and oxygen atoms in total. The van der Waals surface area contributed by atoms with Crippen molar-refractivity contribution in [3.05, 3.63) is 91.5 Å². The molecule has 0 radical (unpaired) electrons. The van der Waals surface area contributed by atoms with Gasteiger partial charge in [0.2, 0.25) is 0 Å². The largest absolute Gasteiger partial charge is 0.462 e. The Hall–Kier alpha value is -3.92. The lowest BCUT2D eigenvalue weighted by Crippen LogP contribution is -1.99. The number of nitrogens with zero attached hydrogens (tertiary/aromatic N) is 3. The zero-order valence-electron chi connectivity index (χ0n) is 14.9. The number of para-hydroxylation sites is 1. The molecule has 132 valence electrons. The maximum absolute atomic E-state index is 5.85.